The number of carbonyl (C=O) groups excluding carboxylic acids is 2. The van der Waals surface area contributed by atoms with Crippen LogP contribution in [0.4, 0.5) is 0 Å². The van der Waals surface area contributed by atoms with Crippen molar-refractivity contribution in [1.82, 2.24) is 10.3 Å². The van der Waals surface area contributed by atoms with Crippen LogP contribution in [0.3, 0.4) is 0 Å². The van der Waals surface area contributed by atoms with Gasteiger partial charge in [-0.05, 0) is 29.2 Å². The number of benzene rings is 2. The molecule has 1 aromatic heterocycles. The first kappa shape index (κ1) is 15.6. The van der Waals surface area contributed by atoms with E-state index >= 15 is 0 Å². The number of fused-ring (bicyclic) bond motifs is 2. The molecule has 0 bridgehead atoms. The van der Waals surface area contributed by atoms with Gasteiger partial charge in [0, 0.05) is 23.5 Å². The summed E-state index contributed by atoms with van der Waals surface area (Å²) in [5.41, 5.74) is 9.39. The van der Waals surface area contributed by atoms with Crippen LogP contribution >= 0.6 is 0 Å². The predicted octanol–water partition coefficient (Wildman–Crippen LogP) is 2.02. The lowest BCUT2D eigenvalue weighted by Crippen LogP contribution is -2.50. The maximum atomic E-state index is 13.0. The molecule has 0 fully saturated rings. The van der Waals surface area contributed by atoms with Gasteiger partial charge in [0.25, 0.3) is 0 Å². The molecule has 0 radical (unpaired) electrons. The molecule has 0 aliphatic carbocycles. The largest absolute Gasteiger partial charge is 0.368 e. The van der Waals surface area contributed by atoms with Crippen LogP contribution < -0.4 is 11.1 Å². The van der Waals surface area contributed by atoms with Crippen LogP contribution in [-0.4, -0.2) is 22.7 Å². The van der Waals surface area contributed by atoms with Gasteiger partial charge in [-0.3, -0.25) is 14.9 Å². The van der Waals surface area contributed by atoms with Gasteiger partial charge in [0.15, 0.2) is 5.78 Å². The molecule has 5 heteroatoms. The summed E-state index contributed by atoms with van der Waals surface area (Å²) >= 11 is 0. The molecule has 0 saturated carbocycles. The minimum atomic E-state index is -0.521. The van der Waals surface area contributed by atoms with E-state index in [4.69, 9.17) is 5.73 Å². The van der Waals surface area contributed by atoms with Crippen LogP contribution in [0.15, 0.2) is 54.7 Å². The number of rotatable bonds is 4. The average Bonchev–Trinajstić information content (AvgIpc) is 3.03. The highest BCUT2D eigenvalue weighted by molar-refractivity contribution is 5.94. The number of para-hydroxylation sites is 1. The number of H-pyrrole nitrogens is 1. The molecule has 2 aromatic carbocycles. The molecule has 0 saturated heterocycles. The van der Waals surface area contributed by atoms with Crippen LogP contribution in [0.25, 0.3) is 10.9 Å². The molecule has 1 aliphatic rings. The van der Waals surface area contributed by atoms with E-state index < -0.39 is 18.0 Å². The summed E-state index contributed by atoms with van der Waals surface area (Å²) < 4.78 is 0. The maximum Gasteiger partial charge on any atom is 0.234 e. The van der Waals surface area contributed by atoms with Crippen molar-refractivity contribution in [3.63, 3.8) is 0 Å². The van der Waals surface area contributed by atoms with Gasteiger partial charge in [0.05, 0.1) is 12.1 Å². The fourth-order valence-corrected chi connectivity index (χ4v) is 3.59. The monoisotopic (exact) mass is 333 g/mol. The quantitative estimate of drug-likeness (QED) is 0.682. The topological polar surface area (TPSA) is 88.0 Å². The number of nitrogens with two attached hydrogens (primary N) is 1. The smallest absolute Gasteiger partial charge is 0.234 e. The molecule has 2 atom stereocenters. The molecule has 2 unspecified atom stereocenters. The van der Waals surface area contributed by atoms with Crippen molar-refractivity contribution in [2.24, 2.45) is 5.73 Å². The Kier molecular flexibility index (Phi) is 3.86. The summed E-state index contributed by atoms with van der Waals surface area (Å²) in [6.07, 6.45) is 2.69. The lowest BCUT2D eigenvalue weighted by molar-refractivity contribution is -0.123. The van der Waals surface area contributed by atoms with Gasteiger partial charge >= 0.3 is 0 Å². The molecular formula is C20H19N3O2. The van der Waals surface area contributed by atoms with Gasteiger partial charge in [0.1, 0.15) is 0 Å². The Hall–Kier alpha value is -2.92. The summed E-state index contributed by atoms with van der Waals surface area (Å²) in [4.78, 5) is 27.9. The van der Waals surface area contributed by atoms with Crippen molar-refractivity contribution in [2.45, 2.75) is 24.9 Å². The molecule has 25 heavy (non-hydrogen) atoms. The van der Waals surface area contributed by atoms with Crippen LogP contribution in [0.1, 0.15) is 22.7 Å². The number of nitrogens with one attached hydrogen (secondary N) is 2. The minimum absolute atomic E-state index is 0.0307. The summed E-state index contributed by atoms with van der Waals surface area (Å²) in [5, 5.41) is 4.18. The number of hydrogen-bond acceptors (Lipinski definition) is 3. The van der Waals surface area contributed by atoms with E-state index in [-0.39, 0.29) is 5.78 Å². The average molecular weight is 333 g/mol. The molecule has 1 aliphatic heterocycles. The lowest BCUT2D eigenvalue weighted by Gasteiger charge is -2.30. The van der Waals surface area contributed by atoms with Crippen LogP contribution in [-0.2, 0) is 22.4 Å². The SMILES string of the molecule is NC(=O)C1Cc2ccccc2C(C(=O)Cc2c[nH]c3ccccc23)N1. The van der Waals surface area contributed by atoms with E-state index in [9.17, 15) is 9.59 Å². The molecule has 5 nitrogen and oxygen atoms in total. The molecule has 1 amide bonds. The molecule has 4 rings (SSSR count). The Morgan fingerprint density at radius 1 is 1.08 bits per heavy atom. The van der Waals surface area contributed by atoms with Crippen molar-refractivity contribution < 1.29 is 9.59 Å². The fraction of sp³-hybridized carbons (Fsp3) is 0.200. The second kappa shape index (κ2) is 6.18. The van der Waals surface area contributed by atoms with Crippen molar-refractivity contribution in [3.05, 3.63) is 71.4 Å². The van der Waals surface area contributed by atoms with Gasteiger partial charge in [-0.25, -0.2) is 0 Å². The predicted molar refractivity (Wildman–Crippen MR) is 96.0 cm³/mol. The summed E-state index contributed by atoms with van der Waals surface area (Å²) in [6, 6.07) is 14.6. The number of Topliss-reactive ketones (excluding diaryl/α,β-unsaturated/α-hetero) is 1. The van der Waals surface area contributed by atoms with Crippen molar-refractivity contribution in [3.8, 4) is 0 Å². The van der Waals surface area contributed by atoms with E-state index in [1.807, 2.05) is 54.7 Å². The molecule has 2 heterocycles. The van der Waals surface area contributed by atoms with Crippen LogP contribution in [0.2, 0.25) is 0 Å². The highest BCUT2D eigenvalue weighted by Crippen LogP contribution is 2.28. The van der Waals surface area contributed by atoms with Gasteiger partial charge in [-0.1, -0.05) is 42.5 Å². The zero-order valence-electron chi connectivity index (χ0n) is 13.7. The molecule has 126 valence electrons. The molecule has 4 N–H and O–H groups in total. The first-order chi connectivity index (χ1) is 12.1. The third-order valence-electron chi connectivity index (χ3n) is 4.86. The third-order valence-corrected chi connectivity index (χ3v) is 4.86. The minimum Gasteiger partial charge on any atom is -0.368 e. The summed E-state index contributed by atoms with van der Waals surface area (Å²) in [5.74, 6) is -0.400. The number of ketones is 1. The third kappa shape index (κ3) is 2.83. The van der Waals surface area contributed by atoms with Gasteiger partial charge < -0.3 is 10.7 Å². The van der Waals surface area contributed by atoms with Gasteiger partial charge in [-0.2, -0.15) is 0 Å². The molecule has 3 aromatic rings. The fourth-order valence-electron chi connectivity index (χ4n) is 3.59. The van der Waals surface area contributed by atoms with E-state index in [1.165, 1.54) is 0 Å². The number of hydrogen-bond donors (Lipinski definition) is 3. The summed E-state index contributed by atoms with van der Waals surface area (Å²) in [6.45, 7) is 0. The number of primary amides is 1. The lowest BCUT2D eigenvalue weighted by atomic mass is 9.86. The highest BCUT2D eigenvalue weighted by Gasteiger charge is 2.33. The first-order valence-corrected chi connectivity index (χ1v) is 8.34. The number of amides is 1. The van der Waals surface area contributed by atoms with Crippen molar-refractivity contribution >= 4 is 22.6 Å². The molecular weight excluding hydrogens is 314 g/mol. The Morgan fingerprint density at radius 2 is 1.84 bits per heavy atom. The van der Waals surface area contributed by atoms with Crippen LogP contribution in [0, 0.1) is 0 Å². The zero-order chi connectivity index (χ0) is 17.4. The first-order valence-electron chi connectivity index (χ1n) is 8.34. The van der Waals surface area contributed by atoms with E-state index in [2.05, 4.69) is 10.3 Å². The molecule has 0 spiro atoms. The Bertz CT molecular complexity index is 960. The van der Waals surface area contributed by atoms with Gasteiger partial charge in [-0.15, -0.1) is 0 Å². The Balaban J connectivity index is 1.66. The normalized spacial score (nSPS) is 19.5. The number of aromatic nitrogens is 1. The Labute approximate surface area is 145 Å². The highest BCUT2D eigenvalue weighted by atomic mass is 16.1. The van der Waals surface area contributed by atoms with Crippen molar-refractivity contribution in [2.75, 3.05) is 0 Å². The van der Waals surface area contributed by atoms with E-state index in [0.29, 0.717) is 12.8 Å². The Morgan fingerprint density at radius 3 is 2.68 bits per heavy atom. The second-order valence-corrected chi connectivity index (χ2v) is 6.46. The van der Waals surface area contributed by atoms with Crippen molar-refractivity contribution in [1.29, 1.82) is 0 Å². The maximum absolute atomic E-state index is 13.0. The summed E-state index contributed by atoms with van der Waals surface area (Å²) in [7, 11) is 0. The van der Waals surface area contributed by atoms with E-state index in [0.717, 1.165) is 27.6 Å². The standard InChI is InChI=1S/C20H19N3O2/c21-20(25)17-9-12-5-1-2-7-15(12)19(23-17)18(24)10-13-11-22-16-8-4-3-6-14(13)16/h1-8,11,17,19,22-23H,9-10H2,(H2,21,25). The second-order valence-electron chi connectivity index (χ2n) is 6.46. The van der Waals surface area contributed by atoms with Gasteiger partial charge in [0.2, 0.25) is 5.91 Å². The number of carbonyl (C=O) groups is 2. The van der Waals surface area contributed by atoms with E-state index in [1.54, 1.807) is 0 Å². The van der Waals surface area contributed by atoms with Crippen LogP contribution in [0.5, 0.6) is 0 Å². The zero-order valence-corrected chi connectivity index (χ0v) is 13.7. The number of aromatic amines is 1.